The minimum absolute atomic E-state index is 0.314. The Morgan fingerprint density at radius 3 is 2.48 bits per heavy atom. The topological polar surface area (TPSA) is 66.5 Å². The maximum Gasteiger partial charge on any atom is 0.248 e. The van der Waals surface area contributed by atoms with Crippen molar-refractivity contribution in [1.82, 2.24) is 0 Å². The van der Waals surface area contributed by atoms with Gasteiger partial charge in [-0.1, -0.05) is 43.6 Å². The number of anilines is 2. The molecule has 2 aromatic rings. The Morgan fingerprint density at radius 1 is 1.19 bits per heavy atom. The van der Waals surface area contributed by atoms with Crippen LogP contribution in [0.25, 0.3) is 0 Å². The van der Waals surface area contributed by atoms with E-state index in [1.807, 2.05) is 31.2 Å². The first kappa shape index (κ1) is 21.6. The molecule has 0 heterocycles. The molecule has 2 rings (SSSR count). The molecule has 2 aromatic carbocycles. The van der Waals surface area contributed by atoms with Crippen LogP contribution in [-0.4, -0.2) is 32.4 Å². The molecule has 1 N–H and O–H groups in total. The third-order valence-electron chi connectivity index (χ3n) is 3.84. The van der Waals surface area contributed by atoms with Crippen molar-refractivity contribution >= 4 is 50.7 Å². The van der Waals surface area contributed by atoms with Crippen LogP contribution < -0.4 is 9.62 Å². The van der Waals surface area contributed by atoms with Crippen molar-refractivity contribution in [1.29, 1.82) is 0 Å². The number of carbonyl (C=O) groups is 1. The van der Waals surface area contributed by atoms with Gasteiger partial charge in [-0.25, -0.2) is 8.42 Å². The molecular formula is C19H23ClN2O3S2. The molecule has 0 aliphatic carbocycles. The van der Waals surface area contributed by atoms with E-state index in [0.29, 0.717) is 22.8 Å². The van der Waals surface area contributed by atoms with E-state index in [1.54, 1.807) is 43.0 Å². The van der Waals surface area contributed by atoms with E-state index in [4.69, 9.17) is 11.6 Å². The molecule has 0 spiro atoms. The van der Waals surface area contributed by atoms with Gasteiger partial charge in [-0.3, -0.25) is 9.10 Å². The Morgan fingerprint density at radius 2 is 1.89 bits per heavy atom. The van der Waals surface area contributed by atoms with Crippen molar-refractivity contribution in [2.24, 2.45) is 0 Å². The molecular weight excluding hydrogens is 404 g/mol. The van der Waals surface area contributed by atoms with Crippen molar-refractivity contribution in [2.75, 3.05) is 21.6 Å². The van der Waals surface area contributed by atoms with Crippen LogP contribution in [0.5, 0.6) is 0 Å². The van der Waals surface area contributed by atoms with E-state index < -0.39 is 16.1 Å². The van der Waals surface area contributed by atoms with Crippen molar-refractivity contribution in [3.63, 3.8) is 0 Å². The molecule has 0 radical (unpaired) electrons. The average molecular weight is 427 g/mol. The summed E-state index contributed by atoms with van der Waals surface area (Å²) < 4.78 is 26.1. The summed E-state index contributed by atoms with van der Waals surface area (Å²) in [4.78, 5) is 13.9. The Kier molecular flexibility index (Phi) is 7.59. The normalized spacial score (nSPS) is 12.4. The lowest BCUT2D eigenvalue weighted by atomic mass is 10.2. The molecule has 1 amide bonds. The number of nitrogens with zero attached hydrogens (tertiary/aromatic N) is 1. The van der Waals surface area contributed by atoms with E-state index in [0.717, 1.165) is 21.2 Å². The summed E-state index contributed by atoms with van der Waals surface area (Å²) in [5.74, 6) is 0.481. The van der Waals surface area contributed by atoms with Crippen molar-refractivity contribution < 1.29 is 13.2 Å². The Labute approximate surface area is 170 Å². The van der Waals surface area contributed by atoms with Crippen LogP contribution in [-0.2, 0) is 14.8 Å². The molecule has 1 atom stereocenters. The molecule has 0 saturated carbocycles. The van der Waals surface area contributed by atoms with E-state index in [-0.39, 0.29) is 5.91 Å². The fourth-order valence-electron chi connectivity index (χ4n) is 2.74. The Hall–Kier alpha value is -1.70. The second-order valence-electron chi connectivity index (χ2n) is 5.88. The minimum Gasteiger partial charge on any atom is -0.323 e. The number of hydrogen-bond donors (Lipinski definition) is 1. The van der Waals surface area contributed by atoms with Crippen molar-refractivity contribution in [3.8, 4) is 0 Å². The van der Waals surface area contributed by atoms with Gasteiger partial charge in [0.1, 0.15) is 6.04 Å². The van der Waals surface area contributed by atoms with Gasteiger partial charge in [0, 0.05) is 9.92 Å². The van der Waals surface area contributed by atoms with Gasteiger partial charge in [0.2, 0.25) is 15.9 Å². The lowest BCUT2D eigenvalue weighted by Crippen LogP contribution is -2.47. The van der Waals surface area contributed by atoms with Crippen LogP contribution in [0.15, 0.2) is 53.4 Å². The maximum absolute atomic E-state index is 13.0. The second-order valence-corrected chi connectivity index (χ2v) is 9.48. The predicted octanol–water partition coefficient (Wildman–Crippen LogP) is 4.64. The number of amides is 1. The summed E-state index contributed by atoms with van der Waals surface area (Å²) in [6, 6.07) is 13.1. The Balaban J connectivity index is 2.38. The molecule has 0 aliphatic heterocycles. The van der Waals surface area contributed by atoms with E-state index in [9.17, 15) is 13.2 Å². The quantitative estimate of drug-likeness (QED) is 0.624. The van der Waals surface area contributed by atoms with E-state index in [2.05, 4.69) is 5.32 Å². The van der Waals surface area contributed by atoms with Gasteiger partial charge in [-0.2, -0.15) is 0 Å². The molecule has 0 aliphatic rings. The summed E-state index contributed by atoms with van der Waals surface area (Å²) in [7, 11) is -3.70. The van der Waals surface area contributed by atoms with Crippen LogP contribution in [0.1, 0.15) is 20.3 Å². The summed E-state index contributed by atoms with van der Waals surface area (Å²) in [5, 5.41) is 3.29. The predicted molar refractivity (Wildman–Crippen MR) is 114 cm³/mol. The fraction of sp³-hybridized carbons (Fsp3) is 0.316. The zero-order valence-electron chi connectivity index (χ0n) is 15.5. The second kappa shape index (κ2) is 9.48. The van der Waals surface area contributed by atoms with Crippen molar-refractivity contribution in [3.05, 3.63) is 53.6 Å². The maximum atomic E-state index is 13.0. The van der Waals surface area contributed by atoms with E-state index in [1.165, 1.54) is 0 Å². The first-order valence-corrected chi connectivity index (χ1v) is 11.8. The highest BCUT2D eigenvalue weighted by Gasteiger charge is 2.31. The molecule has 0 fully saturated rings. The third kappa shape index (κ3) is 5.64. The minimum atomic E-state index is -3.70. The van der Waals surface area contributed by atoms with Gasteiger partial charge in [-0.05, 0) is 42.5 Å². The number of rotatable bonds is 8. The summed E-state index contributed by atoms with van der Waals surface area (Å²) in [5.41, 5.74) is 1.04. The van der Waals surface area contributed by atoms with E-state index >= 15 is 0 Å². The fourth-order valence-corrected chi connectivity index (χ4v) is 4.89. The molecule has 0 unspecified atom stereocenters. The van der Waals surface area contributed by atoms with Crippen LogP contribution in [0, 0.1) is 0 Å². The van der Waals surface area contributed by atoms with Crippen LogP contribution in [0.2, 0.25) is 5.02 Å². The number of nitrogens with one attached hydrogen (secondary N) is 1. The molecule has 8 heteroatoms. The molecule has 5 nitrogen and oxygen atoms in total. The zero-order valence-corrected chi connectivity index (χ0v) is 17.9. The van der Waals surface area contributed by atoms with Gasteiger partial charge >= 0.3 is 0 Å². The molecule has 0 bridgehead atoms. The van der Waals surface area contributed by atoms with Crippen LogP contribution >= 0.6 is 23.4 Å². The average Bonchev–Trinajstić information content (AvgIpc) is 2.60. The zero-order chi connectivity index (χ0) is 20.0. The van der Waals surface area contributed by atoms with Crippen molar-refractivity contribution in [2.45, 2.75) is 31.2 Å². The van der Waals surface area contributed by atoms with Gasteiger partial charge in [0.25, 0.3) is 0 Å². The largest absolute Gasteiger partial charge is 0.323 e. The van der Waals surface area contributed by atoms with Crippen LogP contribution in [0.4, 0.5) is 11.4 Å². The summed E-state index contributed by atoms with van der Waals surface area (Å²) in [6.45, 7) is 3.81. The molecule has 146 valence electrons. The van der Waals surface area contributed by atoms with Gasteiger partial charge in [-0.15, -0.1) is 11.8 Å². The monoisotopic (exact) mass is 426 g/mol. The standard InChI is InChI=1S/C19H23ClN2O3S2/c1-4-17(19(23)21-16-11-6-7-12-18(16)26-5-2)22(27(3,24)25)15-10-8-9-14(20)13-15/h6-13,17H,4-5H2,1-3H3,(H,21,23)/t17-/m0/s1. The highest BCUT2D eigenvalue weighted by molar-refractivity contribution is 7.99. The Bertz CT molecular complexity index is 903. The highest BCUT2D eigenvalue weighted by atomic mass is 35.5. The first-order chi connectivity index (χ1) is 12.8. The first-order valence-electron chi connectivity index (χ1n) is 8.55. The number of carbonyl (C=O) groups excluding carboxylic acids is 1. The third-order valence-corrected chi connectivity index (χ3v) is 6.21. The van der Waals surface area contributed by atoms with Gasteiger partial charge in [0.15, 0.2) is 0 Å². The number of para-hydroxylation sites is 1. The lowest BCUT2D eigenvalue weighted by molar-refractivity contribution is -0.117. The lowest BCUT2D eigenvalue weighted by Gasteiger charge is -2.30. The van der Waals surface area contributed by atoms with Gasteiger partial charge in [0.05, 0.1) is 17.6 Å². The number of benzene rings is 2. The smallest absolute Gasteiger partial charge is 0.248 e. The SMILES string of the molecule is CCSc1ccccc1NC(=O)[C@H](CC)N(c1cccc(Cl)c1)S(C)(=O)=O. The van der Waals surface area contributed by atoms with Gasteiger partial charge < -0.3 is 5.32 Å². The number of halogens is 1. The number of hydrogen-bond acceptors (Lipinski definition) is 4. The number of thioether (sulfide) groups is 1. The number of sulfonamides is 1. The van der Waals surface area contributed by atoms with Crippen LogP contribution in [0.3, 0.4) is 0 Å². The highest BCUT2D eigenvalue weighted by Crippen LogP contribution is 2.29. The molecule has 0 aromatic heterocycles. The molecule has 27 heavy (non-hydrogen) atoms. The summed E-state index contributed by atoms with van der Waals surface area (Å²) >= 11 is 7.64. The summed E-state index contributed by atoms with van der Waals surface area (Å²) in [6.07, 6.45) is 1.40. The molecule has 0 saturated heterocycles.